The molecule has 0 heterocycles. The van der Waals surface area contributed by atoms with Crippen LogP contribution in [0.15, 0.2) is 48.6 Å². The number of allylic oxidation sites excluding steroid dienone is 1. The van der Waals surface area contributed by atoms with Crippen molar-refractivity contribution in [3.05, 3.63) is 81.4 Å². The van der Waals surface area contributed by atoms with E-state index >= 15 is 0 Å². The lowest BCUT2D eigenvalue weighted by molar-refractivity contribution is -0.136. The number of carboxylic acids is 1. The van der Waals surface area contributed by atoms with Crippen molar-refractivity contribution in [3.63, 3.8) is 0 Å². The molecular weight excluding hydrogens is 358 g/mol. The van der Waals surface area contributed by atoms with Crippen LogP contribution in [0.2, 0.25) is 5.02 Å². The molecule has 134 valence electrons. The van der Waals surface area contributed by atoms with E-state index in [1.807, 2.05) is 13.0 Å². The number of hydrogen-bond acceptors (Lipinski definition) is 1. The van der Waals surface area contributed by atoms with E-state index in [0.717, 1.165) is 28.3 Å². The van der Waals surface area contributed by atoms with Crippen LogP contribution in [0, 0.1) is 18.8 Å². The molecule has 2 rings (SSSR count). The topological polar surface area (TPSA) is 37.3 Å². The van der Waals surface area contributed by atoms with Gasteiger partial charge in [0.25, 0.3) is 6.08 Å². The number of benzene rings is 2. The first kappa shape index (κ1) is 19.7. The molecule has 0 unspecified atom stereocenters. The van der Waals surface area contributed by atoms with Gasteiger partial charge in [0.1, 0.15) is 0 Å². The third-order valence-electron chi connectivity index (χ3n) is 3.75. The van der Waals surface area contributed by atoms with Gasteiger partial charge in [-0.25, -0.2) is 0 Å². The number of aliphatic carboxylic acids is 1. The van der Waals surface area contributed by atoms with Gasteiger partial charge in [-0.15, -0.1) is 0 Å². The SMILES string of the molecule is Cc1cc(CCC(=O)O)cc(Cl)c1C#Cc1ccc(CC=C(F)F)cc1. The van der Waals surface area contributed by atoms with Gasteiger partial charge in [-0.3, -0.25) is 4.79 Å². The molecule has 0 saturated heterocycles. The first-order valence-corrected chi connectivity index (χ1v) is 8.36. The van der Waals surface area contributed by atoms with E-state index in [4.69, 9.17) is 16.7 Å². The summed E-state index contributed by atoms with van der Waals surface area (Å²) in [7, 11) is 0. The fourth-order valence-electron chi connectivity index (χ4n) is 2.42. The van der Waals surface area contributed by atoms with E-state index in [9.17, 15) is 13.6 Å². The van der Waals surface area contributed by atoms with Crippen molar-refractivity contribution >= 4 is 17.6 Å². The molecule has 0 aromatic heterocycles. The highest BCUT2D eigenvalue weighted by Crippen LogP contribution is 2.22. The predicted molar refractivity (Wildman–Crippen MR) is 98.6 cm³/mol. The Morgan fingerprint density at radius 3 is 2.42 bits per heavy atom. The molecule has 0 radical (unpaired) electrons. The van der Waals surface area contributed by atoms with Crippen LogP contribution >= 0.6 is 11.6 Å². The summed E-state index contributed by atoms with van der Waals surface area (Å²) >= 11 is 6.28. The van der Waals surface area contributed by atoms with Gasteiger partial charge in [-0.2, -0.15) is 8.78 Å². The zero-order valence-electron chi connectivity index (χ0n) is 14.2. The monoisotopic (exact) mass is 374 g/mol. The zero-order valence-corrected chi connectivity index (χ0v) is 14.9. The fraction of sp³-hybridized carbons (Fsp3) is 0.190. The number of halogens is 3. The Labute approximate surface area is 156 Å². The quantitative estimate of drug-likeness (QED) is 0.712. The molecule has 26 heavy (non-hydrogen) atoms. The number of rotatable bonds is 5. The van der Waals surface area contributed by atoms with Crippen molar-refractivity contribution < 1.29 is 18.7 Å². The molecule has 0 aliphatic heterocycles. The normalized spacial score (nSPS) is 10.0. The summed E-state index contributed by atoms with van der Waals surface area (Å²) in [6.07, 6.45) is -0.173. The van der Waals surface area contributed by atoms with Gasteiger partial charge in [-0.1, -0.05) is 41.6 Å². The summed E-state index contributed by atoms with van der Waals surface area (Å²) in [5.41, 5.74) is 3.96. The van der Waals surface area contributed by atoms with Gasteiger partial charge in [-0.05, 0) is 60.7 Å². The minimum Gasteiger partial charge on any atom is -0.481 e. The second-order valence-electron chi connectivity index (χ2n) is 5.81. The van der Waals surface area contributed by atoms with Crippen LogP contribution in [0.4, 0.5) is 8.78 Å². The van der Waals surface area contributed by atoms with Gasteiger partial charge in [0.2, 0.25) is 0 Å². The van der Waals surface area contributed by atoms with Crippen molar-refractivity contribution in [2.24, 2.45) is 0 Å². The van der Waals surface area contributed by atoms with Crippen LogP contribution in [-0.4, -0.2) is 11.1 Å². The minimum absolute atomic E-state index is 0.0502. The molecule has 5 heteroatoms. The van der Waals surface area contributed by atoms with E-state index in [0.29, 0.717) is 17.0 Å². The van der Waals surface area contributed by atoms with Crippen LogP contribution in [0.5, 0.6) is 0 Å². The summed E-state index contributed by atoms with van der Waals surface area (Å²) in [4.78, 5) is 10.7. The molecular formula is C21H17ClF2O2. The molecule has 0 spiro atoms. The van der Waals surface area contributed by atoms with Gasteiger partial charge < -0.3 is 5.11 Å². The van der Waals surface area contributed by atoms with Crippen LogP contribution in [0.25, 0.3) is 0 Å². The van der Waals surface area contributed by atoms with E-state index in [-0.39, 0.29) is 12.8 Å². The Bertz CT molecular complexity index is 863. The van der Waals surface area contributed by atoms with Gasteiger partial charge in [0.15, 0.2) is 0 Å². The lowest BCUT2D eigenvalue weighted by atomic mass is 10.0. The number of hydrogen-bond donors (Lipinski definition) is 1. The van der Waals surface area contributed by atoms with Crippen molar-refractivity contribution in [2.75, 3.05) is 0 Å². The lowest BCUT2D eigenvalue weighted by Gasteiger charge is -2.06. The zero-order chi connectivity index (χ0) is 19.1. The predicted octanol–water partition coefficient (Wildman–Crippen LogP) is 5.39. The maximum atomic E-state index is 12.1. The molecule has 0 atom stereocenters. The second-order valence-corrected chi connectivity index (χ2v) is 6.22. The molecule has 2 aromatic carbocycles. The Kier molecular flexibility index (Phi) is 6.94. The number of aryl methyl sites for hydroxylation is 2. The first-order chi connectivity index (χ1) is 12.3. The molecule has 0 saturated carbocycles. The van der Waals surface area contributed by atoms with E-state index in [1.54, 1.807) is 30.3 Å². The standard InChI is InChI=1S/C21H17ClF2O2/c1-14-12-17(8-11-21(25)26)13-19(22)18(14)9-6-15-2-4-16(5-3-15)7-10-20(23)24/h2-5,10,12-13H,7-8,11H2,1H3,(H,25,26). The van der Waals surface area contributed by atoms with Crippen LogP contribution in [0.3, 0.4) is 0 Å². The molecule has 0 amide bonds. The Hall–Kier alpha value is -2.64. The fourth-order valence-corrected chi connectivity index (χ4v) is 2.76. The minimum atomic E-state index is -1.69. The number of carboxylic acid groups (broad SMARTS) is 1. The van der Waals surface area contributed by atoms with Crippen molar-refractivity contribution in [2.45, 2.75) is 26.2 Å². The highest BCUT2D eigenvalue weighted by molar-refractivity contribution is 6.32. The summed E-state index contributed by atoms with van der Waals surface area (Å²) in [5, 5.41) is 9.25. The van der Waals surface area contributed by atoms with Crippen LogP contribution in [-0.2, 0) is 17.6 Å². The van der Waals surface area contributed by atoms with Gasteiger partial charge >= 0.3 is 5.97 Å². The molecule has 2 nitrogen and oxygen atoms in total. The third-order valence-corrected chi connectivity index (χ3v) is 4.05. The molecule has 1 N–H and O–H groups in total. The maximum absolute atomic E-state index is 12.1. The van der Waals surface area contributed by atoms with Crippen molar-refractivity contribution in [1.29, 1.82) is 0 Å². The van der Waals surface area contributed by atoms with Gasteiger partial charge in [0.05, 0.1) is 5.02 Å². The Morgan fingerprint density at radius 1 is 1.15 bits per heavy atom. The van der Waals surface area contributed by atoms with Gasteiger partial charge in [0, 0.05) is 17.5 Å². The maximum Gasteiger partial charge on any atom is 0.303 e. The first-order valence-electron chi connectivity index (χ1n) is 7.98. The number of carbonyl (C=O) groups is 1. The Balaban J connectivity index is 2.16. The van der Waals surface area contributed by atoms with Crippen molar-refractivity contribution in [3.8, 4) is 11.8 Å². The lowest BCUT2D eigenvalue weighted by Crippen LogP contribution is -1.98. The van der Waals surface area contributed by atoms with E-state index in [2.05, 4.69) is 11.8 Å². The van der Waals surface area contributed by atoms with Crippen LogP contribution < -0.4 is 0 Å². The van der Waals surface area contributed by atoms with Crippen LogP contribution in [0.1, 0.15) is 34.2 Å². The second kappa shape index (κ2) is 9.17. The van der Waals surface area contributed by atoms with E-state index in [1.165, 1.54) is 0 Å². The largest absolute Gasteiger partial charge is 0.481 e. The summed E-state index contributed by atoms with van der Waals surface area (Å²) < 4.78 is 24.2. The molecule has 2 aromatic rings. The third kappa shape index (κ3) is 6.02. The van der Waals surface area contributed by atoms with E-state index < -0.39 is 12.0 Å². The highest BCUT2D eigenvalue weighted by atomic mass is 35.5. The molecule has 0 aliphatic rings. The summed E-state index contributed by atoms with van der Waals surface area (Å²) in [6, 6.07) is 10.7. The highest BCUT2D eigenvalue weighted by Gasteiger charge is 2.06. The van der Waals surface area contributed by atoms with Crippen molar-refractivity contribution in [1.82, 2.24) is 0 Å². The smallest absolute Gasteiger partial charge is 0.303 e. The Morgan fingerprint density at radius 2 is 1.85 bits per heavy atom. The molecule has 0 aliphatic carbocycles. The molecule has 0 fully saturated rings. The average molecular weight is 375 g/mol. The summed E-state index contributed by atoms with van der Waals surface area (Å²) in [5.74, 6) is 5.19. The molecule has 0 bridgehead atoms. The average Bonchev–Trinajstić information content (AvgIpc) is 2.58. The summed E-state index contributed by atoms with van der Waals surface area (Å²) in [6.45, 7) is 1.88.